The lowest BCUT2D eigenvalue weighted by Crippen LogP contribution is -2.37. The molecule has 1 saturated heterocycles. The fourth-order valence-electron chi connectivity index (χ4n) is 2.91. The molecule has 1 aliphatic heterocycles. The van der Waals surface area contributed by atoms with Crippen LogP contribution in [0.25, 0.3) is 11.0 Å². The van der Waals surface area contributed by atoms with Gasteiger partial charge in [0.25, 0.3) is 5.56 Å². The summed E-state index contributed by atoms with van der Waals surface area (Å²) in [6.45, 7) is 2.14. The maximum absolute atomic E-state index is 13.8. The van der Waals surface area contributed by atoms with Crippen LogP contribution in [-0.4, -0.2) is 51.7 Å². The Bertz CT molecular complexity index is 1130. The van der Waals surface area contributed by atoms with Gasteiger partial charge in [-0.1, -0.05) is 11.6 Å². The molecule has 4 rings (SSSR count). The van der Waals surface area contributed by atoms with Crippen molar-refractivity contribution in [2.24, 2.45) is 0 Å². The monoisotopic (exact) mass is 418 g/mol. The zero-order valence-corrected chi connectivity index (χ0v) is 15.9. The Labute approximate surface area is 169 Å². The molecule has 1 N–H and O–H groups in total. The van der Waals surface area contributed by atoms with E-state index in [1.165, 1.54) is 24.7 Å². The molecule has 0 aliphatic carbocycles. The minimum atomic E-state index is -0.668. The number of nitrogens with one attached hydrogen (secondary N) is 1. The Morgan fingerprint density at radius 2 is 2.07 bits per heavy atom. The van der Waals surface area contributed by atoms with Crippen LogP contribution < -0.4 is 15.8 Å². The molecule has 3 heterocycles. The van der Waals surface area contributed by atoms with Crippen LogP contribution in [0, 0.1) is 5.82 Å². The quantitative estimate of drug-likeness (QED) is 0.684. The molecular weight excluding hydrogens is 403 g/mol. The second-order valence-corrected chi connectivity index (χ2v) is 6.79. The van der Waals surface area contributed by atoms with Crippen LogP contribution in [0.3, 0.4) is 0 Å². The zero-order chi connectivity index (χ0) is 20.4. The Balaban J connectivity index is 1.54. The van der Waals surface area contributed by atoms with Crippen molar-refractivity contribution in [1.29, 1.82) is 0 Å². The van der Waals surface area contributed by atoms with Gasteiger partial charge in [0.2, 0.25) is 11.9 Å². The molecule has 1 aliphatic rings. The minimum absolute atomic E-state index is 0.0281. The molecule has 29 heavy (non-hydrogen) atoms. The number of carbonyl (C=O) groups is 1. The number of carbonyl (C=O) groups excluding carboxylic acids is 1. The van der Waals surface area contributed by atoms with Gasteiger partial charge in [-0.05, 0) is 18.2 Å². The van der Waals surface area contributed by atoms with Gasteiger partial charge in [0.1, 0.15) is 24.1 Å². The van der Waals surface area contributed by atoms with Gasteiger partial charge in [-0.3, -0.25) is 14.2 Å². The van der Waals surface area contributed by atoms with Crippen molar-refractivity contribution in [3.63, 3.8) is 0 Å². The molecule has 150 valence electrons. The number of rotatable bonds is 4. The summed E-state index contributed by atoms with van der Waals surface area (Å²) in [5, 5.41) is 2.81. The number of fused-ring (bicyclic) bond motifs is 1. The fraction of sp³-hybridized carbons (Fsp3) is 0.278. The Hall–Kier alpha value is -3.11. The molecule has 11 heteroatoms. The first-order valence-electron chi connectivity index (χ1n) is 8.81. The lowest BCUT2D eigenvalue weighted by molar-refractivity contribution is -0.116. The molecule has 0 unspecified atom stereocenters. The van der Waals surface area contributed by atoms with Gasteiger partial charge in [0.15, 0.2) is 5.65 Å². The third-order valence-electron chi connectivity index (χ3n) is 4.38. The third kappa shape index (κ3) is 4.17. The van der Waals surface area contributed by atoms with E-state index in [0.717, 1.165) is 10.6 Å². The second-order valence-electron chi connectivity index (χ2n) is 6.36. The van der Waals surface area contributed by atoms with E-state index in [1.54, 1.807) is 0 Å². The number of nitrogens with zero attached hydrogens (tertiary/aromatic N) is 5. The molecular formula is C18H16ClFN6O3. The van der Waals surface area contributed by atoms with Crippen molar-refractivity contribution in [2.75, 3.05) is 36.5 Å². The van der Waals surface area contributed by atoms with Crippen LogP contribution in [0.5, 0.6) is 0 Å². The molecule has 3 aromatic rings. The summed E-state index contributed by atoms with van der Waals surface area (Å²) in [7, 11) is 0. The van der Waals surface area contributed by atoms with E-state index in [2.05, 4.69) is 20.3 Å². The Morgan fingerprint density at radius 3 is 2.83 bits per heavy atom. The van der Waals surface area contributed by atoms with E-state index >= 15 is 0 Å². The number of benzene rings is 1. The van der Waals surface area contributed by atoms with Crippen molar-refractivity contribution in [2.45, 2.75) is 6.54 Å². The van der Waals surface area contributed by atoms with Gasteiger partial charge in [0.05, 0.1) is 18.9 Å². The van der Waals surface area contributed by atoms with Crippen molar-refractivity contribution in [1.82, 2.24) is 19.5 Å². The lowest BCUT2D eigenvalue weighted by atomic mass is 10.3. The molecule has 1 aromatic carbocycles. The first-order valence-corrected chi connectivity index (χ1v) is 9.19. The van der Waals surface area contributed by atoms with Crippen LogP contribution >= 0.6 is 11.6 Å². The topological polar surface area (TPSA) is 102 Å². The maximum Gasteiger partial charge on any atom is 0.264 e. The molecule has 1 amide bonds. The summed E-state index contributed by atoms with van der Waals surface area (Å²) >= 11 is 5.69. The van der Waals surface area contributed by atoms with Crippen molar-refractivity contribution >= 4 is 40.2 Å². The fourth-order valence-corrected chi connectivity index (χ4v) is 3.07. The molecule has 1 fully saturated rings. The van der Waals surface area contributed by atoms with Crippen molar-refractivity contribution in [3.05, 3.63) is 51.9 Å². The molecule has 0 saturated carbocycles. The van der Waals surface area contributed by atoms with Gasteiger partial charge in [0, 0.05) is 24.3 Å². The average Bonchev–Trinajstić information content (AvgIpc) is 2.72. The number of halogens is 2. The van der Waals surface area contributed by atoms with Gasteiger partial charge in [-0.15, -0.1) is 0 Å². The van der Waals surface area contributed by atoms with Gasteiger partial charge >= 0.3 is 0 Å². The summed E-state index contributed by atoms with van der Waals surface area (Å²) in [6, 6.07) is 3.88. The summed E-state index contributed by atoms with van der Waals surface area (Å²) < 4.78 is 20.2. The number of morpholine rings is 1. The molecule has 9 nitrogen and oxygen atoms in total. The number of aromatic nitrogens is 4. The molecule has 0 bridgehead atoms. The van der Waals surface area contributed by atoms with E-state index in [-0.39, 0.29) is 28.3 Å². The largest absolute Gasteiger partial charge is 0.378 e. The minimum Gasteiger partial charge on any atom is -0.378 e. The Morgan fingerprint density at radius 1 is 1.28 bits per heavy atom. The first-order chi connectivity index (χ1) is 14.0. The second kappa shape index (κ2) is 8.10. The van der Waals surface area contributed by atoms with E-state index in [9.17, 15) is 14.0 Å². The highest BCUT2D eigenvalue weighted by Crippen LogP contribution is 2.19. The average molecular weight is 419 g/mol. The third-order valence-corrected chi connectivity index (χ3v) is 4.61. The van der Waals surface area contributed by atoms with Crippen molar-refractivity contribution < 1.29 is 13.9 Å². The number of hydrogen-bond donors (Lipinski definition) is 1. The highest BCUT2D eigenvalue weighted by molar-refractivity contribution is 6.30. The van der Waals surface area contributed by atoms with Gasteiger partial charge in [-0.2, -0.15) is 4.98 Å². The van der Waals surface area contributed by atoms with Crippen LogP contribution in [-0.2, 0) is 16.1 Å². The SMILES string of the molecule is O=C(Cn1cnc2nc(N3CCOCC3)ncc2c1=O)Nc1ccc(Cl)cc1F. The maximum atomic E-state index is 13.8. The summed E-state index contributed by atoms with van der Waals surface area (Å²) in [6.07, 6.45) is 2.63. The first kappa shape index (κ1) is 19.2. The van der Waals surface area contributed by atoms with E-state index in [0.29, 0.717) is 32.3 Å². The van der Waals surface area contributed by atoms with Crippen molar-refractivity contribution in [3.8, 4) is 0 Å². The van der Waals surface area contributed by atoms with E-state index < -0.39 is 17.3 Å². The number of ether oxygens (including phenoxy) is 1. The standard InChI is InChI=1S/C18H16ClFN6O3/c19-11-1-2-14(13(20)7-11)23-15(27)9-26-10-22-16-12(17(26)28)8-21-18(24-16)25-3-5-29-6-4-25/h1-2,7-8,10H,3-6,9H2,(H,23,27). The molecule has 0 spiro atoms. The lowest BCUT2D eigenvalue weighted by Gasteiger charge is -2.26. The number of amides is 1. The normalized spacial score (nSPS) is 14.2. The highest BCUT2D eigenvalue weighted by atomic mass is 35.5. The molecule has 0 radical (unpaired) electrons. The molecule has 2 aromatic heterocycles. The van der Waals surface area contributed by atoms with Crippen LogP contribution in [0.1, 0.15) is 0 Å². The van der Waals surface area contributed by atoms with Gasteiger partial charge in [-0.25, -0.2) is 14.4 Å². The summed E-state index contributed by atoms with van der Waals surface area (Å²) in [4.78, 5) is 39.6. The van der Waals surface area contributed by atoms with E-state index in [1.807, 2.05) is 4.90 Å². The zero-order valence-electron chi connectivity index (χ0n) is 15.1. The number of anilines is 2. The van der Waals surface area contributed by atoms with Crippen LogP contribution in [0.4, 0.5) is 16.0 Å². The number of hydrogen-bond acceptors (Lipinski definition) is 7. The highest BCUT2D eigenvalue weighted by Gasteiger charge is 2.16. The smallest absolute Gasteiger partial charge is 0.264 e. The van der Waals surface area contributed by atoms with Crippen LogP contribution in [0.15, 0.2) is 35.5 Å². The van der Waals surface area contributed by atoms with Gasteiger partial charge < -0.3 is 15.0 Å². The summed E-state index contributed by atoms with van der Waals surface area (Å²) in [5.74, 6) is -0.777. The summed E-state index contributed by atoms with van der Waals surface area (Å²) in [5.41, 5.74) is -0.248. The predicted octanol–water partition coefficient (Wildman–Crippen LogP) is 1.45. The Kier molecular flexibility index (Phi) is 5.36. The van der Waals surface area contributed by atoms with E-state index in [4.69, 9.17) is 16.3 Å². The van der Waals surface area contributed by atoms with Crippen LogP contribution in [0.2, 0.25) is 5.02 Å². The molecule has 0 atom stereocenters. The predicted molar refractivity (Wildman–Crippen MR) is 105 cm³/mol.